The minimum absolute atomic E-state index is 0.248. The molecule has 2 heteroatoms. The van der Waals surface area contributed by atoms with Crippen molar-refractivity contribution in [2.24, 2.45) is 5.41 Å². The van der Waals surface area contributed by atoms with E-state index in [1.54, 1.807) is 0 Å². The van der Waals surface area contributed by atoms with Gasteiger partial charge in [-0.15, -0.1) is 0 Å². The number of hydrogen-bond acceptors (Lipinski definition) is 2. The molecule has 0 heterocycles. The van der Waals surface area contributed by atoms with E-state index in [2.05, 4.69) is 19.9 Å². The normalized spacial score (nSPS) is 21.4. The molecule has 0 aromatic heterocycles. The lowest BCUT2D eigenvalue weighted by molar-refractivity contribution is 0.0320. The predicted octanol–water partition coefficient (Wildman–Crippen LogP) is 2.50. The van der Waals surface area contributed by atoms with Gasteiger partial charge in [0.1, 0.15) is 0 Å². The minimum Gasteiger partial charge on any atom is -0.378 e. The van der Waals surface area contributed by atoms with Crippen molar-refractivity contribution in [3.63, 3.8) is 0 Å². The molecule has 1 aliphatic rings. The SMILES string of the molecule is CCC(C)OCC1(CC#N)CC1. The van der Waals surface area contributed by atoms with E-state index in [9.17, 15) is 0 Å². The number of hydrogen-bond donors (Lipinski definition) is 0. The van der Waals surface area contributed by atoms with E-state index >= 15 is 0 Å². The predicted molar refractivity (Wildman–Crippen MR) is 47.6 cm³/mol. The molecule has 12 heavy (non-hydrogen) atoms. The first-order valence-corrected chi connectivity index (χ1v) is 4.71. The highest BCUT2D eigenvalue weighted by atomic mass is 16.5. The summed E-state index contributed by atoms with van der Waals surface area (Å²) in [5.41, 5.74) is 0.248. The van der Waals surface area contributed by atoms with E-state index in [0.29, 0.717) is 12.5 Å². The smallest absolute Gasteiger partial charge is 0.0628 e. The Morgan fingerprint density at radius 3 is 2.67 bits per heavy atom. The van der Waals surface area contributed by atoms with Crippen LogP contribution in [0.5, 0.6) is 0 Å². The molecule has 1 aliphatic carbocycles. The molecule has 0 aliphatic heterocycles. The summed E-state index contributed by atoms with van der Waals surface area (Å²) in [5, 5.41) is 8.56. The molecule has 68 valence electrons. The summed E-state index contributed by atoms with van der Waals surface area (Å²) < 4.78 is 5.62. The summed E-state index contributed by atoms with van der Waals surface area (Å²) in [7, 11) is 0. The molecule has 1 fully saturated rings. The molecule has 1 saturated carbocycles. The van der Waals surface area contributed by atoms with Crippen molar-refractivity contribution in [2.45, 2.75) is 45.6 Å². The number of nitrogens with zero attached hydrogens (tertiary/aromatic N) is 1. The number of rotatable bonds is 5. The van der Waals surface area contributed by atoms with Gasteiger partial charge in [-0.2, -0.15) is 5.26 Å². The maximum Gasteiger partial charge on any atom is 0.0628 e. The van der Waals surface area contributed by atoms with Gasteiger partial charge < -0.3 is 4.74 Å². The lowest BCUT2D eigenvalue weighted by Crippen LogP contribution is -2.15. The molecule has 0 aromatic rings. The molecular formula is C10H17NO. The van der Waals surface area contributed by atoms with Gasteiger partial charge in [0.25, 0.3) is 0 Å². The van der Waals surface area contributed by atoms with Crippen LogP contribution in [-0.2, 0) is 4.74 Å². The van der Waals surface area contributed by atoms with Gasteiger partial charge in [0.15, 0.2) is 0 Å². The van der Waals surface area contributed by atoms with E-state index in [1.165, 1.54) is 12.8 Å². The molecule has 1 rings (SSSR count). The zero-order chi connectivity index (χ0) is 9.03. The first-order chi connectivity index (χ1) is 5.72. The Labute approximate surface area is 74.5 Å². The summed E-state index contributed by atoms with van der Waals surface area (Å²) >= 11 is 0. The molecule has 0 N–H and O–H groups in total. The fraction of sp³-hybridized carbons (Fsp3) is 0.900. The van der Waals surface area contributed by atoms with Gasteiger partial charge in [0, 0.05) is 11.8 Å². The molecule has 0 radical (unpaired) electrons. The first kappa shape index (κ1) is 9.54. The van der Waals surface area contributed by atoms with Crippen LogP contribution >= 0.6 is 0 Å². The van der Waals surface area contributed by atoms with Gasteiger partial charge in [-0.1, -0.05) is 6.92 Å². The van der Waals surface area contributed by atoms with Crippen LogP contribution < -0.4 is 0 Å². The van der Waals surface area contributed by atoms with Crippen LogP contribution in [0.3, 0.4) is 0 Å². The lowest BCUT2D eigenvalue weighted by atomic mass is 10.1. The number of ether oxygens (including phenoxy) is 1. The van der Waals surface area contributed by atoms with Crippen LogP contribution in [0.2, 0.25) is 0 Å². The van der Waals surface area contributed by atoms with Crippen LogP contribution in [0.15, 0.2) is 0 Å². The second-order valence-corrected chi connectivity index (χ2v) is 3.86. The van der Waals surface area contributed by atoms with Crippen LogP contribution in [0, 0.1) is 16.7 Å². The summed E-state index contributed by atoms with van der Waals surface area (Å²) in [4.78, 5) is 0. The fourth-order valence-corrected chi connectivity index (χ4v) is 1.15. The van der Waals surface area contributed by atoms with Crippen molar-refractivity contribution < 1.29 is 4.74 Å². The van der Waals surface area contributed by atoms with Gasteiger partial charge in [0.2, 0.25) is 0 Å². The van der Waals surface area contributed by atoms with E-state index in [0.717, 1.165) is 13.0 Å². The van der Waals surface area contributed by atoms with Gasteiger partial charge in [-0.25, -0.2) is 0 Å². The average Bonchev–Trinajstić information content (AvgIpc) is 2.82. The van der Waals surface area contributed by atoms with E-state index < -0.39 is 0 Å². The molecule has 0 amide bonds. The molecule has 1 unspecified atom stereocenters. The van der Waals surface area contributed by atoms with E-state index in [4.69, 9.17) is 10.00 Å². The summed E-state index contributed by atoms with van der Waals surface area (Å²) in [6.45, 7) is 4.99. The van der Waals surface area contributed by atoms with Crippen molar-refractivity contribution in [1.82, 2.24) is 0 Å². The molecule has 2 nitrogen and oxygen atoms in total. The summed E-state index contributed by atoms with van der Waals surface area (Å²) in [5.74, 6) is 0. The highest BCUT2D eigenvalue weighted by Gasteiger charge is 2.42. The van der Waals surface area contributed by atoms with E-state index in [-0.39, 0.29) is 5.41 Å². The van der Waals surface area contributed by atoms with Crippen molar-refractivity contribution >= 4 is 0 Å². The Balaban J connectivity index is 2.19. The molecule has 0 bridgehead atoms. The second-order valence-electron chi connectivity index (χ2n) is 3.86. The van der Waals surface area contributed by atoms with Crippen molar-refractivity contribution in [3.8, 4) is 6.07 Å². The third-order valence-corrected chi connectivity index (χ3v) is 2.66. The quantitative estimate of drug-likeness (QED) is 0.630. The highest BCUT2D eigenvalue weighted by Crippen LogP contribution is 2.48. The Morgan fingerprint density at radius 2 is 2.25 bits per heavy atom. The van der Waals surface area contributed by atoms with E-state index in [1.807, 2.05) is 0 Å². The largest absolute Gasteiger partial charge is 0.378 e. The van der Waals surface area contributed by atoms with Gasteiger partial charge >= 0.3 is 0 Å². The molecule has 0 spiro atoms. The second kappa shape index (κ2) is 3.91. The van der Waals surface area contributed by atoms with Crippen LogP contribution in [0.4, 0.5) is 0 Å². The highest BCUT2D eigenvalue weighted by molar-refractivity contribution is 4.99. The summed E-state index contributed by atoms with van der Waals surface area (Å²) in [6, 6.07) is 2.23. The van der Waals surface area contributed by atoms with Crippen LogP contribution in [0.25, 0.3) is 0 Å². The molecular weight excluding hydrogens is 150 g/mol. The van der Waals surface area contributed by atoms with Crippen molar-refractivity contribution in [2.75, 3.05) is 6.61 Å². The van der Waals surface area contributed by atoms with Gasteiger partial charge in [-0.05, 0) is 26.2 Å². The monoisotopic (exact) mass is 167 g/mol. The lowest BCUT2D eigenvalue weighted by Gasteiger charge is -2.15. The first-order valence-electron chi connectivity index (χ1n) is 4.71. The molecule has 1 atom stereocenters. The molecule has 0 aromatic carbocycles. The third-order valence-electron chi connectivity index (χ3n) is 2.66. The zero-order valence-electron chi connectivity index (χ0n) is 7.97. The third kappa shape index (κ3) is 2.49. The molecule has 0 saturated heterocycles. The standard InChI is InChI=1S/C10H17NO/c1-3-9(2)12-8-10(4-5-10)6-7-11/h9H,3-6,8H2,1-2H3. The van der Waals surface area contributed by atoms with Crippen LogP contribution in [0.1, 0.15) is 39.5 Å². The average molecular weight is 167 g/mol. The Bertz CT molecular complexity index is 179. The zero-order valence-corrected chi connectivity index (χ0v) is 7.97. The van der Waals surface area contributed by atoms with Crippen molar-refractivity contribution in [1.29, 1.82) is 5.26 Å². The maximum atomic E-state index is 8.56. The Kier molecular flexibility index (Phi) is 3.11. The van der Waals surface area contributed by atoms with Gasteiger partial charge in [0.05, 0.1) is 18.8 Å². The topological polar surface area (TPSA) is 33.0 Å². The van der Waals surface area contributed by atoms with Crippen molar-refractivity contribution in [3.05, 3.63) is 0 Å². The fourth-order valence-electron chi connectivity index (χ4n) is 1.15. The Hall–Kier alpha value is -0.550. The van der Waals surface area contributed by atoms with Crippen LogP contribution in [-0.4, -0.2) is 12.7 Å². The summed E-state index contributed by atoms with van der Waals surface area (Å²) in [6.07, 6.45) is 4.43. The number of nitriles is 1. The minimum atomic E-state index is 0.248. The maximum absolute atomic E-state index is 8.56. The van der Waals surface area contributed by atoms with Gasteiger partial charge in [-0.3, -0.25) is 0 Å². The Morgan fingerprint density at radius 1 is 1.58 bits per heavy atom.